The van der Waals surface area contributed by atoms with Crippen LogP contribution >= 0.6 is 11.8 Å². The molecule has 146 valence electrons. The van der Waals surface area contributed by atoms with Gasteiger partial charge >= 0.3 is 5.97 Å². The fourth-order valence-corrected chi connectivity index (χ4v) is 4.16. The van der Waals surface area contributed by atoms with Crippen LogP contribution in [0.5, 0.6) is 0 Å². The lowest BCUT2D eigenvalue weighted by atomic mass is 10.00. The third kappa shape index (κ3) is 5.01. The van der Waals surface area contributed by atoms with Gasteiger partial charge in [-0.15, -0.1) is 0 Å². The molecule has 6 heteroatoms. The molecule has 2 unspecified atom stereocenters. The van der Waals surface area contributed by atoms with Crippen LogP contribution in [0.15, 0.2) is 60.7 Å². The van der Waals surface area contributed by atoms with Gasteiger partial charge in [0.2, 0.25) is 5.91 Å². The zero-order valence-electron chi connectivity index (χ0n) is 15.7. The molecular formula is C22H23NO4S. The molecule has 1 amide bonds. The molecule has 0 aliphatic heterocycles. The largest absolute Gasteiger partial charge is 0.460 e. The Morgan fingerprint density at radius 1 is 1.07 bits per heavy atom. The fraction of sp³-hybridized carbons (Fsp3) is 0.318. The van der Waals surface area contributed by atoms with Crippen molar-refractivity contribution in [1.29, 1.82) is 0 Å². The highest BCUT2D eigenvalue weighted by atomic mass is 32.2. The normalized spacial score (nSPS) is 20.2. The quantitative estimate of drug-likeness (QED) is 0.692. The molecule has 0 radical (unpaired) electrons. The number of ether oxygens (including phenoxy) is 1. The molecule has 2 atom stereocenters. The molecule has 2 aromatic carbocycles. The lowest BCUT2D eigenvalue weighted by Gasteiger charge is -2.16. The van der Waals surface area contributed by atoms with Crippen LogP contribution in [0.3, 0.4) is 0 Å². The maximum atomic E-state index is 12.9. The van der Waals surface area contributed by atoms with Gasteiger partial charge in [-0.05, 0) is 17.5 Å². The Hall–Kier alpha value is -2.60. The van der Waals surface area contributed by atoms with Crippen LogP contribution in [0.1, 0.15) is 30.4 Å². The Balaban J connectivity index is 1.56. The van der Waals surface area contributed by atoms with Gasteiger partial charge in [0.05, 0.1) is 5.41 Å². The lowest BCUT2D eigenvalue weighted by Crippen LogP contribution is -2.38. The van der Waals surface area contributed by atoms with Gasteiger partial charge in [-0.2, -0.15) is 0 Å². The molecule has 0 aromatic heterocycles. The summed E-state index contributed by atoms with van der Waals surface area (Å²) in [5.41, 5.74) is 1.31. The molecule has 1 N–H and O–H groups in total. The second-order valence-corrected chi connectivity index (χ2v) is 8.09. The molecule has 2 aromatic rings. The third-order valence-electron chi connectivity index (χ3n) is 4.90. The number of hydrogen-bond acceptors (Lipinski definition) is 5. The first-order valence-electron chi connectivity index (χ1n) is 9.17. The predicted octanol–water partition coefficient (Wildman–Crippen LogP) is 3.30. The number of amides is 1. The van der Waals surface area contributed by atoms with Crippen molar-refractivity contribution in [1.82, 2.24) is 5.32 Å². The molecule has 1 saturated carbocycles. The maximum absolute atomic E-state index is 12.9. The molecule has 28 heavy (non-hydrogen) atoms. The van der Waals surface area contributed by atoms with Gasteiger partial charge in [0, 0.05) is 18.6 Å². The highest BCUT2D eigenvalue weighted by molar-refractivity contribution is 8.13. The third-order valence-corrected chi connectivity index (χ3v) is 5.96. The SMILES string of the molecule is CC(=O)SCC1(C(=O)NCC(=O)OCc2ccccc2)CC1c1ccccc1. The van der Waals surface area contributed by atoms with Gasteiger partial charge in [0.1, 0.15) is 13.2 Å². The molecule has 0 spiro atoms. The number of thioether (sulfide) groups is 1. The van der Waals surface area contributed by atoms with Crippen LogP contribution in [-0.4, -0.2) is 29.3 Å². The maximum Gasteiger partial charge on any atom is 0.325 e. The molecule has 5 nitrogen and oxygen atoms in total. The van der Waals surface area contributed by atoms with Gasteiger partial charge in [-0.3, -0.25) is 14.4 Å². The summed E-state index contributed by atoms with van der Waals surface area (Å²) in [4.78, 5) is 36.3. The number of esters is 1. The molecule has 0 bridgehead atoms. The van der Waals surface area contributed by atoms with E-state index in [1.54, 1.807) is 0 Å². The highest BCUT2D eigenvalue weighted by Crippen LogP contribution is 2.61. The standard InChI is InChI=1S/C22H23NO4S/c1-16(24)28-15-22(12-19(22)18-10-6-3-7-11-18)21(26)23-13-20(25)27-14-17-8-4-2-5-9-17/h2-11,19H,12-15H2,1H3,(H,23,26). The Morgan fingerprint density at radius 2 is 1.71 bits per heavy atom. The van der Waals surface area contributed by atoms with Crippen LogP contribution in [0.4, 0.5) is 0 Å². The van der Waals surface area contributed by atoms with Crippen molar-refractivity contribution in [2.45, 2.75) is 25.9 Å². The Bertz CT molecular complexity index is 840. The van der Waals surface area contributed by atoms with Crippen LogP contribution in [0.25, 0.3) is 0 Å². The molecule has 1 aliphatic rings. The second-order valence-electron chi connectivity index (χ2n) is 6.93. The Morgan fingerprint density at radius 3 is 2.36 bits per heavy atom. The first-order valence-corrected chi connectivity index (χ1v) is 10.2. The predicted molar refractivity (Wildman–Crippen MR) is 109 cm³/mol. The number of hydrogen-bond donors (Lipinski definition) is 1. The van der Waals surface area contributed by atoms with E-state index in [1.165, 1.54) is 6.92 Å². The van der Waals surface area contributed by atoms with Crippen LogP contribution in [-0.2, 0) is 25.7 Å². The zero-order valence-corrected chi connectivity index (χ0v) is 16.5. The van der Waals surface area contributed by atoms with E-state index in [4.69, 9.17) is 4.74 Å². The van der Waals surface area contributed by atoms with Gasteiger partial charge in [-0.1, -0.05) is 72.4 Å². The van der Waals surface area contributed by atoms with E-state index in [9.17, 15) is 14.4 Å². The topological polar surface area (TPSA) is 72.5 Å². The van der Waals surface area contributed by atoms with E-state index >= 15 is 0 Å². The van der Waals surface area contributed by atoms with Crippen molar-refractivity contribution in [3.05, 3.63) is 71.8 Å². The average Bonchev–Trinajstić information content (AvgIpc) is 3.46. The van der Waals surface area contributed by atoms with Gasteiger partial charge in [0.15, 0.2) is 5.12 Å². The Labute approximate surface area is 168 Å². The molecule has 0 heterocycles. The fourth-order valence-electron chi connectivity index (χ4n) is 3.25. The number of benzene rings is 2. The molecule has 1 fully saturated rings. The minimum Gasteiger partial charge on any atom is -0.460 e. The van der Waals surface area contributed by atoms with Crippen molar-refractivity contribution in [2.24, 2.45) is 5.41 Å². The number of carbonyl (C=O) groups excluding carboxylic acids is 3. The summed E-state index contributed by atoms with van der Waals surface area (Å²) in [6, 6.07) is 19.2. The summed E-state index contributed by atoms with van der Waals surface area (Å²) in [5, 5.41) is 2.69. The van der Waals surface area contributed by atoms with E-state index in [0.717, 1.165) is 22.9 Å². The van der Waals surface area contributed by atoms with E-state index < -0.39 is 11.4 Å². The molecule has 0 saturated heterocycles. The summed E-state index contributed by atoms with van der Waals surface area (Å²) < 4.78 is 5.21. The summed E-state index contributed by atoms with van der Waals surface area (Å²) in [7, 11) is 0. The minimum atomic E-state index is -0.655. The van der Waals surface area contributed by atoms with Gasteiger partial charge in [-0.25, -0.2) is 0 Å². The minimum absolute atomic E-state index is 0.0202. The van der Waals surface area contributed by atoms with Crippen molar-refractivity contribution >= 4 is 28.8 Å². The summed E-state index contributed by atoms with van der Waals surface area (Å²) in [6.07, 6.45) is 0.669. The second kappa shape index (κ2) is 9.06. The van der Waals surface area contributed by atoms with E-state index in [-0.39, 0.29) is 30.1 Å². The van der Waals surface area contributed by atoms with Crippen LogP contribution in [0.2, 0.25) is 0 Å². The smallest absolute Gasteiger partial charge is 0.325 e. The van der Waals surface area contributed by atoms with Crippen LogP contribution in [0, 0.1) is 5.41 Å². The van der Waals surface area contributed by atoms with E-state index in [0.29, 0.717) is 12.2 Å². The molecular weight excluding hydrogens is 374 g/mol. The Kier molecular flexibility index (Phi) is 6.52. The van der Waals surface area contributed by atoms with Crippen molar-refractivity contribution < 1.29 is 19.1 Å². The summed E-state index contributed by atoms with van der Waals surface area (Å²) in [5.74, 6) is -0.219. The van der Waals surface area contributed by atoms with E-state index in [2.05, 4.69) is 5.32 Å². The number of nitrogens with one attached hydrogen (secondary N) is 1. The van der Waals surface area contributed by atoms with Crippen LogP contribution < -0.4 is 5.32 Å². The highest BCUT2D eigenvalue weighted by Gasteiger charge is 2.60. The van der Waals surface area contributed by atoms with Gasteiger partial charge < -0.3 is 10.1 Å². The zero-order chi connectivity index (χ0) is 20.0. The first kappa shape index (κ1) is 20.1. The van der Waals surface area contributed by atoms with Crippen molar-refractivity contribution in [3.63, 3.8) is 0 Å². The molecule has 1 aliphatic carbocycles. The van der Waals surface area contributed by atoms with Gasteiger partial charge in [0.25, 0.3) is 0 Å². The van der Waals surface area contributed by atoms with Crippen molar-refractivity contribution in [2.75, 3.05) is 12.3 Å². The summed E-state index contributed by atoms with van der Waals surface area (Å²) in [6.45, 7) is 1.49. The average molecular weight is 397 g/mol. The number of rotatable bonds is 8. The molecule has 3 rings (SSSR count). The monoisotopic (exact) mass is 397 g/mol. The van der Waals surface area contributed by atoms with E-state index in [1.807, 2.05) is 60.7 Å². The number of carbonyl (C=O) groups is 3. The van der Waals surface area contributed by atoms with Crippen molar-refractivity contribution in [3.8, 4) is 0 Å². The lowest BCUT2D eigenvalue weighted by molar-refractivity contribution is -0.145. The first-order chi connectivity index (χ1) is 13.5. The summed E-state index contributed by atoms with van der Waals surface area (Å²) >= 11 is 1.15.